The van der Waals surface area contributed by atoms with Crippen LogP contribution in [0.1, 0.15) is 5.56 Å². The van der Waals surface area contributed by atoms with Crippen LogP contribution in [0.2, 0.25) is 0 Å². The van der Waals surface area contributed by atoms with Gasteiger partial charge < -0.3 is 5.32 Å². The number of nitrogens with zero attached hydrogens (tertiary/aromatic N) is 4. The number of carbonyl (C=O) groups excluding carboxylic acids is 2. The van der Waals surface area contributed by atoms with Crippen molar-refractivity contribution in [3.63, 3.8) is 0 Å². The van der Waals surface area contributed by atoms with Crippen molar-refractivity contribution in [3.8, 4) is 0 Å². The normalized spacial score (nSPS) is 14.6. The van der Waals surface area contributed by atoms with E-state index in [2.05, 4.69) is 19.1 Å². The summed E-state index contributed by atoms with van der Waals surface area (Å²) in [5.41, 5.74) is 3.42. The van der Waals surface area contributed by atoms with E-state index in [1.165, 1.54) is 29.2 Å². The van der Waals surface area contributed by atoms with Gasteiger partial charge in [-0.2, -0.15) is 8.75 Å². The number of aliphatic imine (C=N–C) groups is 1. The predicted octanol–water partition coefficient (Wildman–Crippen LogP) is 4.95. The summed E-state index contributed by atoms with van der Waals surface area (Å²) in [7, 11) is 0. The summed E-state index contributed by atoms with van der Waals surface area (Å²) in [5.74, 6) is -1.03. The molecule has 1 aliphatic heterocycles. The van der Waals surface area contributed by atoms with Crippen LogP contribution in [0.25, 0.3) is 17.1 Å². The summed E-state index contributed by atoms with van der Waals surface area (Å²) < 4.78 is 21.9. The molecule has 0 radical (unpaired) electrons. The van der Waals surface area contributed by atoms with Crippen molar-refractivity contribution in [1.82, 2.24) is 8.75 Å². The highest BCUT2D eigenvalue weighted by Gasteiger charge is 2.32. The first kappa shape index (κ1) is 21.9. The van der Waals surface area contributed by atoms with Gasteiger partial charge >= 0.3 is 0 Å². The van der Waals surface area contributed by atoms with Crippen LogP contribution in [0.15, 0.2) is 83.5 Å². The van der Waals surface area contributed by atoms with Crippen molar-refractivity contribution in [2.45, 2.75) is 0 Å². The fraction of sp³-hybridized carbons (Fsp3) is 0.0417. The maximum atomic E-state index is 13.5. The molecule has 0 atom stereocenters. The van der Waals surface area contributed by atoms with Crippen molar-refractivity contribution in [1.29, 1.82) is 0 Å². The first-order valence-electron chi connectivity index (χ1n) is 10.2. The number of anilines is 2. The number of benzene rings is 3. The monoisotopic (exact) mass is 489 g/mol. The smallest absolute Gasteiger partial charge is 0.283 e. The van der Waals surface area contributed by atoms with Gasteiger partial charge in [-0.1, -0.05) is 48.2 Å². The molecule has 0 unspecified atom stereocenters. The van der Waals surface area contributed by atoms with Crippen LogP contribution >= 0.6 is 23.5 Å². The molecule has 2 amide bonds. The van der Waals surface area contributed by atoms with Crippen LogP contribution in [-0.2, 0) is 9.59 Å². The largest absolute Gasteiger partial charge is 0.323 e. The van der Waals surface area contributed by atoms with E-state index >= 15 is 0 Å². The molecule has 5 rings (SSSR count). The Kier molecular flexibility index (Phi) is 6.15. The fourth-order valence-corrected chi connectivity index (χ4v) is 4.70. The number of thioether (sulfide) groups is 1. The van der Waals surface area contributed by atoms with E-state index in [9.17, 15) is 14.0 Å². The Bertz CT molecular complexity index is 1430. The molecule has 4 aromatic rings. The van der Waals surface area contributed by atoms with Gasteiger partial charge in [-0.3, -0.25) is 14.5 Å². The van der Waals surface area contributed by atoms with E-state index in [0.717, 1.165) is 29.1 Å². The van der Waals surface area contributed by atoms with E-state index in [0.29, 0.717) is 27.6 Å². The van der Waals surface area contributed by atoms with Gasteiger partial charge in [0.1, 0.15) is 22.5 Å². The minimum atomic E-state index is -0.410. The Morgan fingerprint density at radius 2 is 1.82 bits per heavy atom. The molecule has 0 aliphatic carbocycles. The Balaban J connectivity index is 1.38. The number of hydrogen-bond acceptors (Lipinski definition) is 7. The zero-order valence-electron chi connectivity index (χ0n) is 17.5. The number of amidine groups is 1. The molecule has 0 fully saturated rings. The van der Waals surface area contributed by atoms with Crippen LogP contribution in [0.3, 0.4) is 0 Å². The quantitative estimate of drug-likeness (QED) is 0.401. The van der Waals surface area contributed by atoms with Crippen molar-refractivity contribution in [3.05, 3.63) is 89.9 Å². The second-order valence-corrected chi connectivity index (χ2v) is 8.70. The van der Waals surface area contributed by atoms with Crippen molar-refractivity contribution < 1.29 is 14.0 Å². The highest BCUT2D eigenvalue weighted by molar-refractivity contribution is 8.14. The highest BCUT2D eigenvalue weighted by atomic mass is 32.2. The number of carbonyl (C=O) groups is 2. The molecule has 0 saturated heterocycles. The molecule has 0 spiro atoms. The first-order valence-corrected chi connectivity index (χ1v) is 11.9. The standard InChI is InChI=1S/C24H16FN5O2S2/c25-16-9-11-17(12-10-16)30-23(32)20(13-15-5-2-1-3-6-15)27-24(30)33-14-21(31)26-18-7-4-8-19-22(18)29-34-28-19/h1-13H,14H2,(H,26,31)/b20-13+. The average molecular weight is 490 g/mol. The number of fused-ring (bicyclic) bond motifs is 1. The first-order chi connectivity index (χ1) is 16.6. The molecule has 34 heavy (non-hydrogen) atoms. The molecule has 0 bridgehead atoms. The summed E-state index contributed by atoms with van der Waals surface area (Å²) in [6, 6.07) is 20.3. The van der Waals surface area contributed by atoms with Crippen LogP contribution in [0.5, 0.6) is 0 Å². The van der Waals surface area contributed by atoms with E-state index in [-0.39, 0.29) is 23.3 Å². The fourth-order valence-electron chi connectivity index (χ4n) is 3.34. The molecule has 2 heterocycles. The molecular formula is C24H16FN5O2S2. The molecule has 10 heteroatoms. The lowest BCUT2D eigenvalue weighted by molar-refractivity contribution is -0.114. The zero-order valence-corrected chi connectivity index (χ0v) is 19.1. The molecular weight excluding hydrogens is 473 g/mol. The lowest BCUT2D eigenvalue weighted by Gasteiger charge is -2.17. The van der Waals surface area contributed by atoms with Gasteiger partial charge in [0.15, 0.2) is 5.17 Å². The maximum absolute atomic E-state index is 13.5. The van der Waals surface area contributed by atoms with Gasteiger partial charge in [0, 0.05) is 0 Å². The van der Waals surface area contributed by atoms with Crippen molar-refractivity contribution in [2.75, 3.05) is 16.0 Å². The third kappa shape index (κ3) is 4.59. The maximum Gasteiger partial charge on any atom is 0.283 e. The van der Waals surface area contributed by atoms with E-state index in [4.69, 9.17) is 0 Å². The lowest BCUT2D eigenvalue weighted by Crippen LogP contribution is -2.31. The number of aromatic nitrogens is 2. The summed E-state index contributed by atoms with van der Waals surface area (Å²) in [5, 5.41) is 3.18. The molecule has 3 aromatic carbocycles. The molecule has 1 N–H and O–H groups in total. The lowest BCUT2D eigenvalue weighted by atomic mass is 10.2. The summed E-state index contributed by atoms with van der Waals surface area (Å²) >= 11 is 2.19. The number of rotatable bonds is 5. The summed E-state index contributed by atoms with van der Waals surface area (Å²) in [6.45, 7) is 0. The molecule has 7 nitrogen and oxygen atoms in total. The summed E-state index contributed by atoms with van der Waals surface area (Å²) in [6.07, 6.45) is 1.68. The van der Waals surface area contributed by atoms with Gasteiger partial charge in [0.05, 0.1) is 28.9 Å². The average Bonchev–Trinajstić information content (AvgIpc) is 3.45. The third-order valence-electron chi connectivity index (χ3n) is 4.91. The minimum absolute atomic E-state index is 0.0103. The van der Waals surface area contributed by atoms with Crippen molar-refractivity contribution >= 4 is 69.0 Å². The van der Waals surface area contributed by atoms with Gasteiger partial charge in [-0.15, -0.1) is 0 Å². The molecule has 168 valence electrons. The van der Waals surface area contributed by atoms with E-state index in [1.54, 1.807) is 18.2 Å². The predicted molar refractivity (Wildman–Crippen MR) is 134 cm³/mol. The number of nitrogens with one attached hydrogen (secondary N) is 1. The second kappa shape index (κ2) is 9.54. The van der Waals surface area contributed by atoms with Gasteiger partial charge in [-0.25, -0.2) is 9.38 Å². The van der Waals surface area contributed by atoms with Crippen LogP contribution in [-0.4, -0.2) is 31.5 Å². The van der Waals surface area contributed by atoms with Gasteiger partial charge in [-0.05, 0) is 48.0 Å². The topological polar surface area (TPSA) is 87.5 Å². The second-order valence-electron chi connectivity index (χ2n) is 7.23. The SMILES string of the molecule is O=C(CSC1=N/C(=C/c2ccccc2)C(=O)N1c1ccc(F)cc1)Nc1cccc2nsnc12. The molecule has 1 aliphatic rings. The number of amides is 2. The van der Waals surface area contributed by atoms with Gasteiger partial charge in [0.2, 0.25) is 5.91 Å². The molecule has 1 aromatic heterocycles. The number of hydrogen-bond donors (Lipinski definition) is 1. The Hall–Kier alpha value is -3.89. The molecule has 0 saturated carbocycles. The Morgan fingerprint density at radius 1 is 1.03 bits per heavy atom. The zero-order chi connectivity index (χ0) is 23.5. The van der Waals surface area contributed by atoms with Crippen LogP contribution in [0.4, 0.5) is 15.8 Å². The Labute approximate surface area is 202 Å². The third-order valence-corrected chi connectivity index (χ3v) is 6.39. The van der Waals surface area contributed by atoms with Crippen LogP contribution in [0, 0.1) is 5.82 Å². The number of halogens is 1. The van der Waals surface area contributed by atoms with E-state index in [1.807, 2.05) is 36.4 Å². The Morgan fingerprint density at radius 3 is 2.62 bits per heavy atom. The van der Waals surface area contributed by atoms with Crippen LogP contribution < -0.4 is 10.2 Å². The summed E-state index contributed by atoms with van der Waals surface area (Å²) in [4.78, 5) is 31.7. The minimum Gasteiger partial charge on any atom is -0.323 e. The highest BCUT2D eigenvalue weighted by Crippen LogP contribution is 2.30. The van der Waals surface area contributed by atoms with E-state index < -0.39 is 5.82 Å². The van der Waals surface area contributed by atoms with Gasteiger partial charge in [0.25, 0.3) is 5.91 Å². The van der Waals surface area contributed by atoms with Crippen molar-refractivity contribution in [2.24, 2.45) is 4.99 Å².